The van der Waals surface area contributed by atoms with Crippen molar-refractivity contribution in [2.24, 2.45) is 12.8 Å². The molecule has 1 rings (SSSR count). The first-order valence-electron chi connectivity index (χ1n) is 4.60. The minimum atomic E-state index is -3.53. The highest BCUT2D eigenvalue weighted by atomic mass is 32.2. The number of hydrogen-bond acceptors (Lipinski definition) is 4. The van der Waals surface area contributed by atoms with Crippen molar-refractivity contribution in [2.45, 2.75) is 24.3 Å². The summed E-state index contributed by atoms with van der Waals surface area (Å²) in [5.74, 6) is 0. The van der Waals surface area contributed by atoms with Gasteiger partial charge >= 0.3 is 0 Å². The lowest BCUT2D eigenvalue weighted by Crippen LogP contribution is -2.35. The van der Waals surface area contributed by atoms with Gasteiger partial charge in [0.15, 0.2) is 0 Å². The molecule has 0 saturated heterocycles. The summed E-state index contributed by atoms with van der Waals surface area (Å²) in [6.45, 7) is 1.70. The van der Waals surface area contributed by atoms with Gasteiger partial charge in [0.05, 0.1) is 11.2 Å². The third-order valence-corrected chi connectivity index (χ3v) is 3.57. The molecule has 0 aliphatic heterocycles. The molecule has 0 aliphatic rings. The van der Waals surface area contributed by atoms with Crippen LogP contribution in [-0.4, -0.2) is 29.2 Å². The lowest BCUT2D eigenvalue weighted by atomic mass is 10.3. The highest BCUT2D eigenvalue weighted by Crippen LogP contribution is 2.07. The van der Waals surface area contributed by atoms with Crippen LogP contribution in [0, 0.1) is 0 Å². The normalized spacial score (nSPS) is 13.6. The van der Waals surface area contributed by atoms with Gasteiger partial charge in [-0.15, -0.1) is 0 Å². The quantitative estimate of drug-likeness (QED) is 0.715. The molecule has 0 aromatic carbocycles. The first-order chi connectivity index (χ1) is 7.31. The van der Waals surface area contributed by atoms with Gasteiger partial charge in [-0.2, -0.15) is 5.10 Å². The Kier molecular flexibility index (Phi) is 4.00. The van der Waals surface area contributed by atoms with E-state index in [1.54, 1.807) is 14.0 Å². The zero-order valence-electron chi connectivity index (χ0n) is 9.04. The van der Waals surface area contributed by atoms with Crippen molar-refractivity contribution in [3.63, 3.8) is 0 Å². The molecule has 3 N–H and O–H groups in total. The summed E-state index contributed by atoms with van der Waals surface area (Å²) >= 11 is 4.71. The molecular formula is C8H14N4O2S2. The molecule has 6 nitrogen and oxygen atoms in total. The fourth-order valence-corrected chi connectivity index (χ4v) is 2.69. The summed E-state index contributed by atoms with van der Waals surface area (Å²) < 4.78 is 27.5. The zero-order chi connectivity index (χ0) is 12.3. The second kappa shape index (κ2) is 4.89. The number of nitrogens with zero attached hydrogens (tertiary/aromatic N) is 2. The first-order valence-corrected chi connectivity index (χ1v) is 6.49. The lowest BCUT2D eigenvalue weighted by molar-refractivity contribution is 0.565. The Morgan fingerprint density at radius 1 is 1.75 bits per heavy atom. The van der Waals surface area contributed by atoms with Gasteiger partial charge in [-0.3, -0.25) is 4.68 Å². The van der Waals surface area contributed by atoms with E-state index in [4.69, 9.17) is 18.0 Å². The number of sulfonamides is 1. The van der Waals surface area contributed by atoms with Gasteiger partial charge in [0.2, 0.25) is 10.0 Å². The summed E-state index contributed by atoms with van der Waals surface area (Å²) in [5, 5.41) is 3.80. The van der Waals surface area contributed by atoms with Crippen LogP contribution in [0.3, 0.4) is 0 Å². The molecule has 0 bridgehead atoms. The maximum atomic E-state index is 11.8. The average Bonchev–Trinajstić information content (AvgIpc) is 2.49. The molecule has 1 unspecified atom stereocenters. The van der Waals surface area contributed by atoms with Crippen molar-refractivity contribution in [3.8, 4) is 0 Å². The number of nitrogens with one attached hydrogen (secondary N) is 1. The Balaban J connectivity index is 2.76. The van der Waals surface area contributed by atoms with Gasteiger partial charge in [0, 0.05) is 25.7 Å². The number of rotatable bonds is 5. The third kappa shape index (κ3) is 3.54. The fraction of sp³-hybridized carbons (Fsp3) is 0.500. The molecule has 8 heteroatoms. The van der Waals surface area contributed by atoms with Gasteiger partial charge in [0.25, 0.3) is 0 Å². The van der Waals surface area contributed by atoms with Crippen molar-refractivity contribution in [3.05, 3.63) is 12.4 Å². The highest BCUT2D eigenvalue weighted by molar-refractivity contribution is 7.89. The van der Waals surface area contributed by atoms with E-state index in [1.165, 1.54) is 17.1 Å². The van der Waals surface area contributed by atoms with Crippen LogP contribution in [0.4, 0.5) is 0 Å². The van der Waals surface area contributed by atoms with Crippen LogP contribution in [0.2, 0.25) is 0 Å². The summed E-state index contributed by atoms with van der Waals surface area (Å²) in [6, 6.07) is -0.331. The van der Waals surface area contributed by atoms with Gasteiger partial charge in [0.1, 0.15) is 4.90 Å². The maximum absolute atomic E-state index is 11.8. The number of aryl methyl sites for hydroxylation is 1. The summed E-state index contributed by atoms with van der Waals surface area (Å²) in [7, 11) is -1.88. The second-order valence-corrected chi connectivity index (χ2v) is 5.78. The summed E-state index contributed by atoms with van der Waals surface area (Å²) in [4.78, 5) is 0.408. The van der Waals surface area contributed by atoms with Crippen LogP contribution in [-0.2, 0) is 17.1 Å². The molecule has 0 amide bonds. The molecule has 0 fully saturated rings. The number of aromatic nitrogens is 2. The lowest BCUT2D eigenvalue weighted by Gasteiger charge is -2.11. The van der Waals surface area contributed by atoms with Crippen LogP contribution in [0.15, 0.2) is 17.3 Å². The third-order valence-electron chi connectivity index (χ3n) is 1.86. The van der Waals surface area contributed by atoms with E-state index in [0.717, 1.165) is 0 Å². The number of hydrogen-bond donors (Lipinski definition) is 2. The molecule has 1 aromatic heterocycles. The molecule has 0 radical (unpaired) electrons. The van der Waals surface area contributed by atoms with E-state index in [0.29, 0.717) is 6.42 Å². The maximum Gasteiger partial charge on any atom is 0.243 e. The monoisotopic (exact) mass is 262 g/mol. The molecule has 90 valence electrons. The van der Waals surface area contributed by atoms with Crippen LogP contribution < -0.4 is 10.5 Å². The smallest absolute Gasteiger partial charge is 0.243 e. The molecule has 0 aliphatic carbocycles. The van der Waals surface area contributed by atoms with Gasteiger partial charge < -0.3 is 5.73 Å². The van der Waals surface area contributed by atoms with Gasteiger partial charge in [-0.1, -0.05) is 12.2 Å². The van der Waals surface area contributed by atoms with E-state index in [2.05, 4.69) is 9.82 Å². The zero-order valence-corrected chi connectivity index (χ0v) is 10.7. The van der Waals surface area contributed by atoms with Crippen LogP contribution >= 0.6 is 12.2 Å². The predicted octanol–water partition coefficient (Wildman–Crippen LogP) is -0.237. The van der Waals surface area contributed by atoms with Crippen LogP contribution in [0.5, 0.6) is 0 Å². The van der Waals surface area contributed by atoms with Crippen molar-refractivity contribution in [1.29, 1.82) is 0 Å². The Labute approximate surface area is 99.9 Å². The minimum absolute atomic E-state index is 0.129. The van der Waals surface area contributed by atoms with Crippen molar-refractivity contribution < 1.29 is 8.42 Å². The Bertz CT molecular complexity index is 480. The predicted molar refractivity (Wildman–Crippen MR) is 64.4 cm³/mol. The van der Waals surface area contributed by atoms with E-state index in [9.17, 15) is 8.42 Å². The topological polar surface area (TPSA) is 90.0 Å². The van der Waals surface area contributed by atoms with E-state index < -0.39 is 10.0 Å². The largest absolute Gasteiger partial charge is 0.393 e. The standard InChI is InChI=1S/C8H14N4O2S2/c1-6(3-8(9)15)11-16(13,14)7-4-10-12(2)5-7/h4-6,11H,3H2,1-2H3,(H2,9,15). The second-order valence-electron chi connectivity index (χ2n) is 3.54. The van der Waals surface area contributed by atoms with Gasteiger partial charge in [-0.05, 0) is 6.92 Å². The molecule has 0 spiro atoms. The number of nitrogens with two attached hydrogens (primary N) is 1. The first kappa shape index (κ1) is 13.1. The average molecular weight is 262 g/mol. The SMILES string of the molecule is CC(CC(N)=S)NS(=O)(=O)c1cnn(C)c1. The highest BCUT2D eigenvalue weighted by Gasteiger charge is 2.19. The molecule has 1 heterocycles. The van der Waals surface area contributed by atoms with Crippen molar-refractivity contribution >= 4 is 27.2 Å². The van der Waals surface area contributed by atoms with Crippen LogP contribution in [0.25, 0.3) is 0 Å². The molecule has 0 saturated carbocycles. The Morgan fingerprint density at radius 2 is 2.38 bits per heavy atom. The molecular weight excluding hydrogens is 248 g/mol. The summed E-state index contributed by atoms with van der Waals surface area (Å²) in [6.07, 6.45) is 3.04. The summed E-state index contributed by atoms with van der Waals surface area (Å²) in [5.41, 5.74) is 5.34. The van der Waals surface area contributed by atoms with Gasteiger partial charge in [-0.25, -0.2) is 13.1 Å². The molecule has 1 atom stereocenters. The van der Waals surface area contributed by atoms with E-state index >= 15 is 0 Å². The Morgan fingerprint density at radius 3 is 2.81 bits per heavy atom. The minimum Gasteiger partial charge on any atom is -0.393 e. The van der Waals surface area contributed by atoms with Crippen molar-refractivity contribution in [1.82, 2.24) is 14.5 Å². The molecule has 1 aromatic rings. The van der Waals surface area contributed by atoms with E-state index in [-0.39, 0.29) is 15.9 Å². The Hall–Kier alpha value is -0.990. The number of thiocarbonyl (C=S) groups is 1. The molecule has 16 heavy (non-hydrogen) atoms. The van der Waals surface area contributed by atoms with Crippen LogP contribution in [0.1, 0.15) is 13.3 Å². The fourth-order valence-electron chi connectivity index (χ4n) is 1.21. The van der Waals surface area contributed by atoms with E-state index in [1.807, 2.05) is 0 Å². The van der Waals surface area contributed by atoms with Crippen molar-refractivity contribution in [2.75, 3.05) is 0 Å².